The monoisotopic (exact) mass is 312 g/mol. The van der Waals surface area contributed by atoms with Crippen molar-refractivity contribution in [3.05, 3.63) is 34.5 Å². The lowest BCUT2D eigenvalue weighted by molar-refractivity contribution is -0.151. The number of aliphatic hydroxyl groups is 1. The predicted molar refractivity (Wildman–Crippen MR) is 70.3 cm³/mol. The molecule has 0 aliphatic rings. The molecule has 0 spiro atoms. The van der Waals surface area contributed by atoms with Gasteiger partial charge in [0.2, 0.25) is 0 Å². The van der Waals surface area contributed by atoms with Crippen LogP contribution in [-0.2, 0) is 10.4 Å². The van der Waals surface area contributed by atoms with Crippen LogP contribution in [0.2, 0.25) is 0 Å². The van der Waals surface area contributed by atoms with Crippen molar-refractivity contribution in [2.24, 2.45) is 5.92 Å². The van der Waals surface area contributed by atoms with Gasteiger partial charge in [-0.05, 0) is 38.1 Å². The highest BCUT2D eigenvalue weighted by Gasteiger charge is 2.38. The van der Waals surface area contributed by atoms with Crippen LogP contribution in [0, 0.1) is 5.92 Å². The van der Waals surface area contributed by atoms with E-state index in [1.807, 2.05) is 12.1 Å². The lowest BCUT2D eigenvalue weighted by atomic mass is 9.88. The number of rotatable bonds is 3. The summed E-state index contributed by atoms with van der Waals surface area (Å²) >= 11 is 3.35. The molecule has 2 atom stereocenters. The minimum atomic E-state index is -1.54. The van der Waals surface area contributed by atoms with Crippen molar-refractivity contribution in [3.63, 3.8) is 0 Å². The zero-order chi connectivity index (χ0) is 13.5. The maximum Gasteiger partial charge on any atom is 0.309 e. The van der Waals surface area contributed by atoms with Crippen molar-refractivity contribution in [2.45, 2.75) is 19.4 Å². The van der Waals surface area contributed by atoms with E-state index in [1.165, 1.54) is 13.8 Å². The number of hydrogen-bond acceptors (Lipinski definition) is 3. The third kappa shape index (κ3) is 2.15. The Bertz CT molecular complexity index is 600. The molecule has 0 amide bonds. The predicted octanol–water partition coefficient (Wildman–Crippen LogP) is 3.12. The molecule has 0 radical (unpaired) electrons. The first-order chi connectivity index (χ1) is 8.32. The lowest BCUT2D eigenvalue weighted by Gasteiger charge is -2.24. The van der Waals surface area contributed by atoms with Gasteiger partial charge in [0.15, 0.2) is 0 Å². The van der Waals surface area contributed by atoms with E-state index < -0.39 is 17.5 Å². The Hall–Kier alpha value is -1.33. The average Bonchev–Trinajstić information content (AvgIpc) is 2.71. The standard InChI is InChI=1S/C13H13BrO4/c1-7(12(15)16)13(2,17)11-6-8-5-9(14)3-4-10(8)18-11/h3-7,17H,1-2H3,(H,15,16). The van der Waals surface area contributed by atoms with Crippen LogP contribution in [0.1, 0.15) is 19.6 Å². The Balaban J connectivity index is 2.50. The Morgan fingerprint density at radius 2 is 2.11 bits per heavy atom. The van der Waals surface area contributed by atoms with E-state index in [-0.39, 0.29) is 5.76 Å². The van der Waals surface area contributed by atoms with Gasteiger partial charge in [-0.25, -0.2) is 0 Å². The highest BCUT2D eigenvalue weighted by atomic mass is 79.9. The van der Waals surface area contributed by atoms with Gasteiger partial charge in [0.05, 0.1) is 5.92 Å². The van der Waals surface area contributed by atoms with Gasteiger partial charge in [-0.1, -0.05) is 15.9 Å². The number of carbonyl (C=O) groups is 1. The van der Waals surface area contributed by atoms with E-state index in [0.717, 1.165) is 9.86 Å². The number of aliphatic carboxylic acids is 1. The van der Waals surface area contributed by atoms with Gasteiger partial charge in [0.25, 0.3) is 0 Å². The second-order valence-electron chi connectivity index (χ2n) is 4.50. The van der Waals surface area contributed by atoms with Gasteiger partial charge in [-0.2, -0.15) is 0 Å². The molecule has 2 rings (SSSR count). The first kappa shape index (κ1) is 13.1. The fourth-order valence-electron chi connectivity index (χ4n) is 1.72. The van der Waals surface area contributed by atoms with Gasteiger partial charge in [-0.15, -0.1) is 0 Å². The molecule has 5 heteroatoms. The Labute approximate surface area is 112 Å². The van der Waals surface area contributed by atoms with E-state index in [9.17, 15) is 9.90 Å². The van der Waals surface area contributed by atoms with Gasteiger partial charge < -0.3 is 14.6 Å². The quantitative estimate of drug-likeness (QED) is 0.913. The largest absolute Gasteiger partial charge is 0.481 e. The van der Waals surface area contributed by atoms with Crippen molar-refractivity contribution in [2.75, 3.05) is 0 Å². The molecule has 1 aromatic heterocycles. The molecular formula is C13H13BrO4. The third-order valence-electron chi connectivity index (χ3n) is 3.19. The lowest BCUT2D eigenvalue weighted by Crippen LogP contribution is -2.34. The number of benzene rings is 1. The minimum absolute atomic E-state index is 0.255. The van der Waals surface area contributed by atoms with Crippen LogP contribution in [-0.4, -0.2) is 16.2 Å². The van der Waals surface area contributed by atoms with Crippen LogP contribution < -0.4 is 0 Å². The van der Waals surface area contributed by atoms with E-state index in [0.29, 0.717) is 5.58 Å². The van der Waals surface area contributed by atoms with Crippen LogP contribution in [0.4, 0.5) is 0 Å². The molecule has 2 N–H and O–H groups in total. The molecule has 1 aromatic carbocycles. The fraction of sp³-hybridized carbons (Fsp3) is 0.308. The summed E-state index contributed by atoms with van der Waals surface area (Å²) < 4.78 is 6.42. The smallest absolute Gasteiger partial charge is 0.309 e. The van der Waals surface area contributed by atoms with E-state index in [2.05, 4.69) is 15.9 Å². The summed E-state index contributed by atoms with van der Waals surface area (Å²) in [6, 6.07) is 7.11. The summed E-state index contributed by atoms with van der Waals surface area (Å²) in [5, 5.41) is 20.1. The van der Waals surface area contributed by atoms with Crippen LogP contribution >= 0.6 is 15.9 Å². The molecule has 18 heavy (non-hydrogen) atoms. The maximum absolute atomic E-state index is 11.0. The Morgan fingerprint density at radius 1 is 1.44 bits per heavy atom. The average molecular weight is 313 g/mol. The number of halogens is 1. The summed E-state index contributed by atoms with van der Waals surface area (Å²) in [7, 11) is 0. The van der Waals surface area contributed by atoms with Crippen LogP contribution in [0.3, 0.4) is 0 Å². The molecule has 0 aliphatic heterocycles. The van der Waals surface area contributed by atoms with Gasteiger partial charge in [-0.3, -0.25) is 4.79 Å². The molecule has 1 heterocycles. The number of carboxylic acid groups (broad SMARTS) is 1. The third-order valence-corrected chi connectivity index (χ3v) is 3.68. The van der Waals surface area contributed by atoms with E-state index in [4.69, 9.17) is 9.52 Å². The Kier molecular flexibility index (Phi) is 3.21. The molecule has 2 aromatic rings. The molecule has 2 unspecified atom stereocenters. The van der Waals surface area contributed by atoms with Crippen molar-refractivity contribution >= 4 is 32.9 Å². The Morgan fingerprint density at radius 3 is 2.72 bits per heavy atom. The summed E-state index contributed by atoms with van der Waals surface area (Å²) in [6.07, 6.45) is 0. The number of carboxylic acids is 1. The molecule has 4 nitrogen and oxygen atoms in total. The topological polar surface area (TPSA) is 70.7 Å². The molecule has 96 valence electrons. The highest BCUT2D eigenvalue weighted by molar-refractivity contribution is 9.10. The van der Waals surface area contributed by atoms with E-state index >= 15 is 0 Å². The summed E-state index contributed by atoms with van der Waals surface area (Å²) in [6.45, 7) is 2.89. The second-order valence-corrected chi connectivity index (χ2v) is 5.42. The van der Waals surface area contributed by atoms with Gasteiger partial charge in [0.1, 0.15) is 16.9 Å². The summed E-state index contributed by atoms with van der Waals surface area (Å²) in [5.41, 5.74) is -0.928. The van der Waals surface area contributed by atoms with Crippen LogP contribution in [0.15, 0.2) is 33.2 Å². The molecule has 0 saturated heterocycles. The summed E-state index contributed by atoms with van der Waals surface area (Å²) in [5.74, 6) is -1.77. The zero-order valence-corrected chi connectivity index (χ0v) is 11.6. The molecule has 0 saturated carbocycles. The fourth-order valence-corrected chi connectivity index (χ4v) is 2.10. The van der Waals surface area contributed by atoms with Crippen molar-refractivity contribution in [1.29, 1.82) is 0 Å². The van der Waals surface area contributed by atoms with Crippen LogP contribution in [0.25, 0.3) is 11.0 Å². The first-order valence-electron chi connectivity index (χ1n) is 5.47. The maximum atomic E-state index is 11.0. The molecule has 0 bridgehead atoms. The first-order valence-corrected chi connectivity index (χ1v) is 6.26. The van der Waals surface area contributed by atoms with E-state index in [1.54, 1.807) is 12.1 Å². The zero-order valence-electron chi connectivity index (χ0n) is 9.98. The highest BCUT2D eigenvalue weighted by Crippen LogP contribution is 2.34. The van der Waals surface area contributed by atoms with Gasteiger partial charge in [0, 0.05) is 9.86 Å². The number of furan rings is 1. The number of hydrogen-bond donors (Lipinski definition) is 2. The van der Waals surface area contributed by atoms with Crippen molar-refractivity contribution < 1.29 is 19.4 Å². The molecule has 0 fully saturated rings. The van der Waals surface area contributed by atoms with Crippen LogP contribution in [0.5, 0.6) is 0 Å². The minimum Gasteiger partial charge on any atom is -0.481 e. The van der Waals surface area contributed by atoms with Crippen molar-refractivity contribution in [1.82, 2.24) is 0 Å². The number of fused-ring (bicyclic) bond motifs is 1. The van der Waals surface area contributed by atoms with Crippen molar-refractivity contribution in [3.8, 4) is 0 Å². The molecular weight excluding hydrogens is 300 g/mol. The van der Waals surface area contributed by atoms with Gasteiger partial charge >= 0.3 is 5.97 Å². The normalized spacial score (nSPS) is 16.4. The SMILES string of the molecule is CC(C(=O)O)C(C)(O)c1cc2cc(Br)ccc2o1. The second kappa shape index (κ2) is 4.40. The molecule has 0 aliphatic carbocycles. The summed E-state index contributed by atoms with van der Waals surface area (Å²) in [4.78, 5) is 11.0.